The molecule has 0 saturated carbocycles. The summed E-state index contributed by atoms with van der Waals surface area (Å²) in [5.74, 6) is 0.424. The minimum atomic E-state index is -3.99. The van der Waals surface area contributed by atoms with E-state index in [1.165, 1.54) is 0 Å². The molecular weight excluding hydrogens is 223 g/mol. The third-order valence-corrected chi connectivity index (χ3v) is 2.58. The fourth-order valence-corrected chi connectivity index (χ4v) is 1.65. The maximum atomic E-state index is 10.1. The van der Waals surface area contributed by atoms with Gasteiger partial charge in [0.2, 0.25) is 0 Å². The van der Waals surface area contributed by atoms with Crippen LogP contribution in [0.2, 0.25) is 0 Å². The van der Waals surface area contributed by atoms with Crippen LogP contribution in [0, 0.1) is 0 Å². The van der Waals surface area contributed by atoms with E-state index in [0.717, 1.165) is 25.7 Å². The first-order valence-corrected chi connectivity index (χ1v) is 6.17. The van der Waals surface area contributed by atoms with Gasteiger partial charge in [-0.3, -0.25) is 0 Å². The van der Waals surface area contributed by atoms with Crippen molar-refractivity contribution < 1.29 is 42.5 Å². The van der Waals surface area contributed by atoms with E-state index in [1.54, 1.807) is 0 Å². The van der Waals surface area contributed by atoms with E-state index >= 15 is 0 Å². The zero-order valence-corrected chi connectivity index (χ0v) is 11.5. The molecule has 0 aliphatic heterocycles. The first-order chi connectivity index (χ1) is 5.56. The number of halogens is 1. The van der Waals surface area contributed by atoms with Gasteiger partial charge >= 0.3 is 29.6 Å². The summed E-state index contributed by atoms with van der Waals surface area (Å²) in [4.78, 5) is 0. The molecule has 0 aliphatic carbocycles. The van der Waals surface area contributed by atoms with Crippen LogP contribution in [-0.2, 0) is 10.1 Å². The van der Waals surface area contributed by atoms with Crippen LogP contribution in [0.3, 0.4) is 0 Å². The molecule has 0 aromatic carbocycles. The summed E-state index contributed by atoms with van der Waals surface area (Å²) >= 11 is 5.44. The third kappa shape index (κ3) is 15.9. The molecule has 0 bridgehead atoms. The SMILES string of the molecule is O=S(=O)([O-])CCCCCCCCl.[Na+]. The molecule has 0 spiro atoms. The summed E-state index contributed by atoms with van der Waals surface area (Å²) in [5, 5.41) is 0. The molecule has 0 unspecified atom stereocenters. The molecule has 0 N–H and O–H groups in total. The molecule has 74 valence electrons. The summed E-state index contributed by atoms with van der Waals surface area (Å²) in [6.07, 6.45) is 4.23. The summed E-state index contributed by atoms with van der Waals surface area (Å²) in [6, 6.07) is 0. The van der Waals surface area contributed by atoms with Crippen molar-refractivity contribution in [1.82, 2.24) is 0 Å². The quantitative estimate of drug-likeness (QED) is 0.240. The molecule has 0 radical (unpaired) electrons. The van der Waals surface area contributed by atoms with E-state index in [2.05, 4.69) is 0 Å². The fraction of sp³-hybridized carbons (Fsp3) is 1.00. The summed E-state index contributed by atoms with van der Waals surface area (Å²) in [7, 11) is -3.99. The Bertz CT molecular complexity index is 194. The molecule has 0 rings (SSSR count). The van der Waals surface area contributed by atoms with Gasteiger partial charge in [-0.05, 0) is 12.8 Å². The van der Waals surface area contributed by atoms with Crippen molar-refractivity contribution in [2.75, 3.05) is 11.6 Å². The average Bonchev–Trinajstić information content (AvgIpc) is 1.94. The monoisotopic (exact) mass is 236 g/mol. The van der Waals surface area contributed by atoms with E-state index in [1.807, 2.05) is 0 Å². The van der Waals surface area contributed by atoms with Gasteiger partial charge in [0.1, 0.15) is 0 Å². The molecule has 0 aromatic heterocycles. The van der Waals surface area contributed by atoms with Crippen molar-refractivity contribution >= 4 is 21.7 Å². The van der Waals surface area contributed by atoms with E-state index < -0.39 is 10.1 Å². The van der Waals surface area contributed by atoms with Crippen molar-refractivity contribution in [1.29, 1.82) is 0 Å². The Morgan fingerprint density at radius 2 is 1.46 bits per heavy atom. The maximum absolute atomic E-state index is 10.1. The molecule has 3 nitrogen and oxygen atoms in total. The van der Waals surface area contributed by atoms with Crippen molar-refractivity contribution in [3.05, 3.63) is 0 Å². The first-order valence-electron chi connectivity index (χ1n) is 4.06. The number of hydrogen-bond donors (Lipinski definition) is 0. The predicted octanol–water partition coefficient (Wildman–Crippen LogP) is -1.28. The molecule has 6 heteroatoms. The molecule has 0 aromatic rings. The van der Waals surface area contributed by atoms with Crippen LogP contribution < -0.4 is 29.6 Å². The Morgan fingerprint density at radius 3 is 1.92 bits per heavy atom. The summed E-state index contributed by atoms with van der Waals surface area (Å²) in [6.45, 7) is 0. The molecule has 0 aliphatic rings. The minimum absolute atomic E-state index is 0. The number of hydrogen-bond acceptors (Lipinski definition) is 3. The number of alkyl halides is 1. The average molecular weight is 237 g/mol. The Hall–Kier alpha value is 1.20. The minimum Gasteiger partial charge on any atom is -0.748 e. The van der Waals surface area contributed by atoms with Gasteiger partial charge in [-0.1, -0.05) is 19.3 Å². The van der Waals surface area contributed by atoms with Gasteiger partial charge in [-0.15, -0.1) is 11.6 Å². The van der Waals surface area contributed by atoms with Gasteiger partial charge in [0, 0.05) is 11.6 Å². The topological polar surface area (TPSA) is 57.2 Å². The summed E-state index contributed by atoms with van der Waals surface area (Å²) < 4.78 is 30.4. The molecule has 0 saturated heterocycles. The predicted molar refractivity (Wildman–Crippen MR) is 48.4 cm³/mol. The van der Waals surface area contributed by atoms with Crippen LogP contribution in [0.4, 0.5) is 0 Å². The Labute approximate surface area is 107 Å². The molecular formula is C7H14ClNaO3S. The van der Waals surface area contributed by atoms with Crippen molar-refractivity contribution in [2.45, 2.75) is 32.1 Å². The van der Waals surface area contributed by atoms with Crippen molar-refractivity contribution in [3.8, 4) is 0 Å². The molecule has 0 atom stereocenters. The van der Waals surface area contributed by atoms with E-state index in [9.17, 15) is 13.0 Å². The number of rotatable bonds is 7. The standard InChI is InChI=1S/C7H15ClO3S.Na/c8-6-4-2-1-3-5-7-12(9,10)11;/h1-7H2,(H,9,10,11);/q;+1/p-1. The van der Waals surface area contributed by atoms with E-state index in [0.29, 0.717) is 12.3 Å². The van der Waals surface area contributed by atoms with Gasteiger partial charge in [0.15, 0.2) is 0 Å². The van der Waals surface area contributed by atoms with Crippen LogP contribution in [0.1, 0.15) is 32.1 Å². The Balaban J connectivity index is 0. The Kier molecular flexibility index (Phi) is 12.5. The molecule has 0 heterocycles. The second-order valence-corrected chi connectivity index (χ2v) is 4.62. The van der Waals surface area contributed by atoms with E-state index in [-0.39, 0.29) is 35.3 Å². The third-order valence-electron chi connectivity index (χ3n) is 1.53. The fourth-order valence-electron chi connectivity index (χ4n) is 0.904. The molecule has 0 fully saturated rings. The van der Waals surface area contributed by atoms with Crippen molar-refractivity contribution in [3.63, 3.8) is 0 Å². The van der Waals surface area contributed by atoms with Crippen LogP contribution in [0.15, 0.2) is 0 Å². The van der Waals surface area contributed by atoms with E-state index in [4.69, 9.17) is 11.6 Å². The van der Waals surface area contributed by atoms with Crippen LogP contribution in [0.5, 0.6) is 0 Å². The smallest absolute Gasteiger partial charge is 0.748 e. The number of unbranched alkanes of at least 4 members (excludes halogenated alkanes) is 4. The zero-order chi connectivity index (χ0) is 9.45. The second kappa shape index (κ2) is 9.74. The maximum Gasteiger partial charge on any atom is 1.00 e. The van der Waals surface area contributed by atoms with Crippen molar-refractivity contribution in [2.24, 2.45) is 0 Å². The van der Waals surface area contributed by atoms with Crippen LogP contribution >= 0.6 is 11.6 Å². The van der Waals surface area contributed by atoms with Gasteiger partial charge in [0.25, 0.3) is 0 Å². The van der Waals surface area contributed by atoms with Gasteiger partial charge in [-0.2, -0.15) is 0 Å². The molecule has 13 heavy (non-hydrogen) atoms. The Morgan fingerprint density at radius 1 is 1.00 bits per heavy atom. The molecule has 0 amide bonds. The van der Waals surface area contributed by atoms with Gasteiger partial charge < -0.3 is 4.55 Å². The van der Waals surface area contributed by atoms with Crippen LogP contribution in [0.25, 0.3) is 0 Å². The summed E-state index contributed by atoms with van der Waals surface area (Å²) in [5.41, 5.74) is 0. The second-order valence-electron chi connectivity index (χ2n) is 2.72. The van der Waals surface area contributed by atoms with Gasteiger partial charge in [0.05, 0.1) is 10.1 Å². The van der Waals surface area contributed by atoms with Gasteiger partial charge in [-0.25, -0.2) is 8.42 Å². The van der Waals surface area contributed by atoms with Crippen LogP contribution in [-0.4, -0.2) is 24.6 Å². The zero-order valence-electron chi connectivity index (χ0n) is 7.96. The first kappa shape index (κ1) is 16.6. The largest absolute Gasteiger partial charge is 1.00 e. The normalized spacial score (nSPS) is 10.9.